The molecule has 0 saturated heterocycles. The van der Waals surface area contributed by atoms with Gasteiger partial charge < -0.3 is 62.2 Å². The molecule has 8 amide bonds. The second-order valence-corrected chi connectivity index (χ2v) is 30.2. The molecular weight excluding hydrogens is 1390 g/mol. The second-order valence-electron chi connectivity index (χ2n) is 30.2. The minimum atomic E-state index is -1.49. The van der Waals surface area contributed by atoms with Gasteiger partial charge in [0.1, 0.15) is 49.5 Å². The number of aliphatic hydroxyl groups is 2. The van der Waals surface area contributed by atoms with Crippen molar-refractivity contribution in [2.45, 2.75) is 182 Å². The van der Waals surface area contributed by atoms with E-state index in [4.69, 9.17) is 9.47 Å². The van der Waals surface area contributed by atoms with E-state index in [2.05, 4.69) is 53.2 Å². The van der Waals surface area contributed by atoms with Crippen LogP contribution in [-0.4, -0.2) is 118 Å². The van der Waals surface area contributed by atoms with Crippen molar-refractivity contribution in [1.82, 2.24) is 53.2 Å². The predicted molar refractivity (Wildman–Crippen MR) is 426 cm³/mol. The van der Waals surface area contributed by atoms with Gasteiger partial charge in [-0.15, -0.1) is 0 Å². The third kappa shape index (κ3) is 29.2. The molecule has 0 heterocycles. The quantitative estimate of drug-likeness (QED) is 0.0174. The number of alkyl carbamates (subject to hydrolysis) is 2. The molecule has 8 aromatic carbocycles. The number of rotatable bonds is 36. The van der Waals surface area contributed by atoms with Gasteiger partial charge in [0.05, 0.1) is 24.3 Å². The van der Waals surface area contributed by atoms with Gasteiger partial charge in [0.25, 0.3) is 0 Å². The normalized spacial score (nSPS) is 14.1. The lowest BCUT2D eigenvalue weighted by molar-refractivity contribution is -0.135. The first-order chi connectivity index (χ1) is 52.6. The number of hydrogen-bond acceptors (Lipinski definition) is 14. The van der Waals surface area contributed by atoms with E-state index in [9.17, 15) is 48.6 Å². The molecule has 0 radical (unpaired) electrons. The summed E-state index contributed by atoms with van der Waals surface area (Å²) in [7, 11) is 0. The first kappa shape index (κ1) is 86.2. The average Bonchev–Trinajstić information content (AvgIpc) is 0.824. The van der Waals surface area contributed by atoms with Gasteiger partial charge in [0.2, 0.25) is 35.4 Å². The Morgan fingerprint density at radius 3 is 0.791 bits per heavy atom. The van der Waals surface area contributed by atoms with Crippen molar-refractivity contribution in [2.75, 3.05) is 0 Å². The smallest absolute Gasteiger partial charge is 0.408 e. The predicted octanol–water partition coefficient (Wildman–Crippen LogP) is 10.1. The Hall–Kier alpha value is -11.0. The molecule has 22 nitrogen and oxygen atoms in total. The lowest BCUT2D eigenvalue weighted by atomic mass is 9.85. The van der Waals surface area contributed by atoms with E-state index in [-0.39, 0.29) is 75.9 Å². The molecule has 0 aromatic heterocycles. The van der Waals surface area contributed by atoms with Crippen molar-refractivity contribution in [1.29, 1.82) is 0 Å². The molecule has 0 aliphatic heterocycles. The first-order valence-electron chi connectivity index (χ1n) is 37.4. The summed E-state index contributed by atoms with van der Waals surface area (Å²) < 4.78 is 10.8. The van der Waals surface area contributed by atoms with Crippen LogP contribution in [0.1, 0.15) is 114 Å². The third-order valence-corrected chi connectivity index (χ3v) is 18.4. The Morgan fingerprint density at radius 2 is 0.536 bits per heavy atom. The van der Waals surface area contributed by atoms with Crippen molar-refractivity contribution in [2.24, 2.45) is 22.7 Å². The van der Waals surface area contributed by atoms with Crippen LogP contribution in [-0.2, 0) is 90.5 Å². The molecule has 0 aliphatic carbocycles. The van der Waals surface area contributed by atoms with Gasteiger partial charge in [-0.2, -0.15) is 0 Å². The highest BCUT2D eigenvalue weighted by atomic mass is 16.6. The number of benzene rings is 8. The molecule has 12 N–H and O–H groups in total. The number of carbonyl (C=O) groups is 8. The van der Waals surface area contributed by atoms with Gasteiger partial charge in [0.15, 0.2) is 0 Å². The van der Waals surface area contributed by atoms with E-state index >= 15 is 0 Å². The molecule has 584 valence electrons. The Balaban J connectivity index is 0.000000306. The molecule has 0 saturated carbocycles. The molecule has 8 aromatic rings. The molecule has 0 unspecified atom stereocenters. The van der Waals surface area contributed by atoms with Crippen LogP contribution in [0.5, 0.6) is 0 Å². The molecule has 0 aliphatic rings. The minimum Gasteiger partial charge on any atom is -0.445 e. The van der Waals surface area contributed by atoms with Crippen molar-refractivity contribution >= 4 is 47.6 Å². The fraction of sp³-hybridized carbons (Fsp3) is 0.364. The molecular formula is C88H110N10O12. The molecule has 110 heavy (non-hydrogen) atoms. The standard InChI is InChI=1S/2C44H55N5O6/c2*1-30(2)36(48-43(54)55-29-34-24-16-9-17-25-34)40(51)47-35(26-31-18-10-6-11-19-31)38(50)37(45-27-32-20-12-7-13-21-32)41(52)49-39(44(3,4)5)42(53)46-28-33-22-14-8-15-23-33/h2*6-25,30,35-39,45,50H,26-29H2,1-5H3,(H,46,53)(H,47,51)(H,48,54)(H,49,52)/t35-,36-,37+,38+,39+;35-,36-,37+,38+,39-/m00/s1. The zero-order valence-electron chi connectivity index (χ0n) is 64.7. The van der Waals surface area contributed by atoms with Crippen LogP contribution < -0.4 is 53.2 Å². The monoisotopic (exact) mass is 1500 g/mol. The topological polar surface area (TPSA) is 316 Å². The van der Waals surface area contributed by atoms with Crippen LogP contribution in [0.4, 0.5) is 9.59 Å². The van der Waals surface area contributed by atoms with Crippen LogP contribution >= 0.6 is 0 Å². The van der Waals surface area contributed by atoms with Gasteiger partial charge in [-0.1, -0.05) is 312 Å². The van der Waals surface area contributed by atoms with Gasteiger partial charge in [0, 0.05) is 26.2 Å². The van der Waals surface area contributed by atoms with Crippen LogP contribution in [0, 0.1) is 22.7 Å². The minimum absolute atomic E-state index is 0.0260. The molecule has 0 spiro atoms. The summed E-state index contributed by atoms with van der Waals surface area (Å²) in [6.07, 6.45) is -4.18. The molecule has 0 fully saturated rings. The van der Waals surface area contributed by atoms with Crippen LogP contribution in [0.2, 0.25) is 0 Å². The van der Waals surface area contributed by atoms with E-state index < -0.39 is 107 Å². The lowest BCUT2D eigenvalue weighted by Crippen LogP contribution is -2.64. The second kappa shape index (κ2) is 43.8. The summed E-state index contributed by atoms with van der Waals surface area (Å²) in [5.74, 6) is -3.79. The third-order valence-electron chi connectivity index (χ3n) is 18.4. The summed E-state index contributed by atoms with van der Waals surface area (Å²) in [6.45, 7) is 19.3. The summed E-state index contributed by atoms with van der Waals surface area (Å²) in [4.78, 5) is 110. The fourth-order valence-electron chi connectivity index (χ4n) is 12.1. The Kier molecular flexibility index (Phi) is 34.3. The summed E-state index contributed by atoms with van der Waals surface area (Å²) >= 11 is 0. The Morgan fingerprint density at radius 1 is 0.300 bits per heavy atom. The highest BCUT2D eigenvalue weighted by molar-refractivity contribution is 5.92. The number of aliphatic hydroxyl groups excluding tert-OH is 2. The summed E-state index contributed by atoms with van der Waals surface area (Å²) in [5.41, 5.74) is 5.34. The van der Waals surface area contributed by atoms with Gasteiger partial charge in [-0.25, -0.2) is 9.59 Å². The first-order valence-corrected chi connectivity index (χ1v) is 37.4. The molecule has 0 bridgehead atoms. The molecule has 8 rings (SSSR count). The number of carbonyl (C=O) groups excluding carboxylic acids is 8. The fourth-order valence-corrected chi connectivity index (χ4v) is 12.1. The van der Waals surface area contributed by atoms with Crippen molar-refractivity contribution in [3.8, 4) is 0 Å². The van der Waals surface area contributed by atoms with Crippen molar-refractivity contribution < 1.29 is 58.0 Å². The largest absolute Gasteiger partial charge is 0.445 e. The van der Waals surface area contributed by atoms with E-state index in [1.54, 1.807) is 27.7 Å². The van der Waals surface area contributed by atoms with Gasteiger partial charge in [-0.05, 0) is 80.0 Å². The highest BCUT2D eigenvalue weighted by Gasteiger charge is 2.42. The SMILES string of the molecule is CC(C)[C@H](NC(=O)OCc1ccccc1)C(=O)N[C@@H](Cc1ccccc1)[C@@H](O)[C@@H](NCc1ccccc1)C(=O)N[C@@H](C(=O)NCc1ccccc1)C(C)(C)C.CC(C)[C@H](NC(=O)OCc1ccccc1)C(=O)N[C@@H](Cc1ccccc1)[C@@H](O)[C@@H](NCc1ccccc1)C(=O)N[C@H](C(=O)NCc1ccccc1)C(C)(C)C. The molecule has 10 atom stereocenters. The van der Waals surface area contributed by atoms with Crippen LogP contribution in [0.3, 0.4) is 0 Å². The Bertz CT molecular complexity index is 3840. The van der Waals surface area contributed by atoms with Crippen molar-refractivity contribution in [3.05, 3.63) is 287 Å². The number of nitrogens with one attached hydrogen (secondary N) is 10. The summed E-state index contributed by atoms with van der Waals surface area (Å²) in [6, 6.07) is 66.2. The number of hydrogen-bond donors (Lipinski definition) is 12. The van der Waals surface area contributed by atoms with Gasteiger partial charge >= 0.3 is 12.2 Å². The maximum absolute atomic E-state index is 14.4. The van der Waals surface area contributed by atoms with E-state index in [1.165, 1.54) is 0 Å². The Labute approximate surface area is 647 Å². The van der Waals surface area contributed by atoms with Crippen molar-refractivity contribution in [3.63, 3.8) is 0 Å². The zero-order chi connectivity index (χ0) is 79.6. The lowest BCUT2D eigenvalue weighted by Gasteiger charge is -2.35. The van der Waals surface area contributed by atoms with E-state index in [0.29, 0.717) is 0 Å². The number of amides is 8. The van der Waals surface area contributed by atoms with Crippen LogP contribution in [0.15, 0.2) is 243 Å². The summed E-state index contributed by atoms with van der Waals surface area (Å²) in [5, 5.41) is 53.8. The van der Waals surface area contributed by atoms with Gasteiger partial charge in [-0.3, -0.25) is 39.4 Å². The molecule has 22 heteroatoms. The maximum Gasteiger partial charge on any atom is 0.408 e. The maximum atomic E-state index is 14.4. The van der Waals surface area contributed by atoms with E-state index in [0.717, 1.165) is 44.5 Å². The highest BCUT2D eigenvalue weighted by Crippen LogP contribution is 2.24. The van der Waals surface area contributed by atoms with E-state index in [1.807, 2.05) is 284 Å². The average molecular weight is 1500 g/mol. The zero-order valence-corrected chi connectivity index (χ0v) is 64.7. The van der Waals surface area contributed by atoms with Crippen LogP contribution in [0.25, 0.3) is 0 Å². The number of ether oxygens (including phenoxy) is 2.